The van der Waals surface area contributed by atoms with Gasteiger partial charge in [0.05, 0.1) is 12.7 Å². The minimum absolute atomic E-state index is 0.178. The van der Waals surface area contributed by atoms with Crippen LogP contribution in [0.3, 0.4) is 0 Å². The summed E-state index contributed by atoms with van der Waals surface area (Å²) < 4.78 is 5.84. The van der Waals surface area contributed by atoms with Gasteiger partial charge < -0.3 is 10.1 Å². The number of hydrogen-bond donors (Lipinski definition) is 1. The van der Waals surface area contributed by atoms with Crippen molar-refractivity contribution in [2.45, 2.75) is 32.3 Å². The highest BCUT2D eigenvalue weighted by Crippen LogP contribution is 2.31. The summed E-state index contributed by atoms with van der Waals surface area (Å²) in [6.45, 7) is 9.46. The zero-order valence-electron chi connectivity index (χ0n) is 10.4. The second-order valence-corrected chi connectivity index (χ2v) is 5.40. The van der Waals surface area contributed by atoms with Crippen molar-refractivity contribution in [3.63, 3.8) is 0 Å². The molecule has 1 aromatic carbocycles. The molecule has 1 aliphatic heterocycles. The van der Waals surface area contributed by atoms with Crippen molar-refractivity contribution in [2.24, 2.45) is 0 Å². The second kappa shape index (κ2) is 4.56. The molecule has 0 aliphatic carbocycles. The molecule has 88 valence electrons. The van der Waals surface area contributed by atoms with E-state index < -0.39 is 0 Å². The van der Waals surface area contributed by atoms with Gasteiger partial charge in [0.1, 0.15) is 0 Å². The summed E-state index contributed by atoms with van der Waals surface area (Å²) in [6.07, 6.45) is 0.212. The van der Waals surface area contributed by atoms with Gasteiger partial charge in [-0.3, -0.25) is 0 Å². The number of nitrogens with one attached hydrogen (secondary N) is 1. The van der Waals surface area contributed by atoms with Crippen LogP contribution in [0.4, 0.5) is 0 Å². The quantitative estimate of drug-likeness (QED) is 0.784. The molecule has 1 atom stereocenters. The largest absolute Gasteiger partial charge is 0.371 e. The molecule has 0 aromatic heterocycles. The van der Waals surface area contributed by atoms with Crippen LogP contribution in [0.5, 0.6) is 0 Å². The van der Waals surface area contributed by atoms with Crippen molar-refractivity contribution < 1.29 is 4.74 Å². The number of rotatable bonds is 1. The predicted octanol–water partition coefficient (Wildman–Crippen LogP) is 2.65. The lowest BCUT2D eigenvalue weighted by atomic mass is 9.82. The molecule has 1 unspecified atom stereocenters. The molecule has 16 heavy (non-hydrogen) atoms. The number of morpholine rings is 1. The normalized spacial score (nSPS) is 22.1. The average molecular weight is 219 g/mol. The first-order valence-electron chi connectivity index (χ1n) is 6.01. The van der Waals surface area contributed by atoms with Crippen molar-refractivity contribution in [2.75, 3.05) is 19.7 Å². The first-order valence-corrected chi connectivity index (χ1v) is 6.01. The molecule has 0 bridgehead atoms. The van der Waals surface area contributed by atoms with Gasteiger partial charge in [-0.2, -0.15) is 0 Å². The minimum Gasteiger partial charge on any atom is -0.371 e. The molecule has 2 heteroatoms. The smallest absolute Gasteiger partial charge is 0.0952 e. The maximum Gasteiger partial charge on any atom is 0.0952 e. The maximum absolute atomic E-state index is 5.84. The molecule has 1 aromatic rings. The summed E-state index contributed by atoms with van der Waals surface area (Å²) >= 11 is 0. The van der Waals surface area contributed by atoms with Crippen LogP contribution < -0.4 is 5.32 Å². The Morgan fingerprint density at radius 2 is 2.00 bits per heavy atom. The molecule has 0 radical (unpaired) electrons. The van der Waals surface area contributed by atoms with Gasteiger partial charge in [0, 0.05) is 13.1 Å². The van der Waals surface area contributed by atoms with E-state index in [0.29, 0.717) is 0 Å². The Labute approximate surface area is 98.0 Å². The molecule has 0 spiro atoms. The van der Waals surface area contributed by atoms with E-state index in [2.05, 4.69) is 50.4 Å². The monoisotopic (exact) mass is 219 g/mol. The van der Waals surface area contributed by atoms with Gasteiger partial charge in [-0.15, -0.1) is 0 Å². The highest BCUT2D eigenvalue weighted by atomic mass is 16.5. The van der Waals surface area contributed by atoms with E-state index in [9.17, 15) is 0 Å². The number of hydrogen-bond acceptors (Lipinski definition) is 2. The average Bonchev–Trinajstić information content (AvgIpc) is 2.29. The van der Waals surface area contributed by atoms with Gasteiger partial charge in [-0.1, -0.05) is 45.0 Å². The molecule has 0 amide bonds. The van der Waals surface area contributed by atoms with Crippen LogP contribution >= 0.6 is 0 Å². The molecule has 2 rings (SSSR count). The second-order valence-electron chi connectivity index (χ2n) is 5.40. The van der Waals surface area contributed by atoms with Gasteiger partial charge in [0.25, 0.3) is 0 Å². The Morgan fingerprint density at radius 3 is 2.62 bits per heavy atom. The molecular weight excluding hydrogens is 198 g/mol. The lowest BCUT2D eigenvalue weighted by Crippen LogP contribution is -2.34. The zero-order valence-corrected chi connectivity index (χ0v) is 10.4. The van der Waals surface area contributed by atoms with Gasteiger partial charge in [-0.05, 0) is 16.5 Å². The Balaban J connectivity index is 2.32. The van der Waals surface area contributed by atoms with Crippen LogP contribution in [-0.4, -0.2) is 19.7 Å². The molecule has 1 heterocycles. The Hall–Kier alpha value is -0.860. The SMILES string of the molecule is CC(C)(C)c1ccccc1C1CNCCO1. The van der Waals surface area contributed by atoms with Crippen LogP contribution in [0.15, 0.2) is 24.3 Å². The summed E-state index contributed by atoms with van der Waals surface area (Å²) in [5.74, 6) is 0. The third kappa shape index (κ3) is 2.45. The number of benzene rings is 1. The summed E-state index contributed by atoms with van der Waals surface area (Å²) in [6, 6.07) is 8.62. The summed E-state index contributed by atoms with van der Waals surface area (Å²) in [5.41, 5.74) is 2.91. The van der Waals surface area contributed by atoms with Crippen LogP contribution in [0.25, 0.3) is 0 Å². The highest BCUT2D eigenvalue weighted by molar-refractivity contribution is 5.34. The third-order valence-electron chi connectivity index (χ3n) is 3.04. The standard InChI is InChI=1S/C14H21NO/c1-14(2,3)12-7-5-4-6-11(12)13-10-15-8-9-16-13/h4-7,13,15H,8-10H2,1-3H3. The lowest BCUT2D eigenvalue weighted by Gasteiger charge is -2.30. The topological polar surface area (TPSA) is 21.3 Å². The third-order valence-corrected chi connectivity index (χ3v) is 3.04. The summed E-state index contributed by atoms with van der Waals surface area (Å²) in [5, 5.41) is 3.39. The first-order chi connectivity index (χ1) is 7.59. The molecule has 1 aliphatic rings. The van der Waals surface area contributed by atoms with Gasteiger partial charge in [-0.25, -0.2) is 0 Å². The molecule has 1 saturated heterocycles. The van der Waals surface area contributed by atoms with Crippen LogP contribution in [0.1, 0.15) is 38.0 Å². The van der Waals surface area contributed by atoms with Gasteiger partial charge in [0.15, 0.2) is 0 Å². The van der Waals surface area contributed by atoms with Crippen LogP contribution in [-0.2, 0) is 10.2 Å². The van der Waals surface area contributed by atoms with Crippen molar-refractivity contribution in [3.8, 4) is 0 Å². The van der Waals surface area contributed by atoms with Crippen molar-refractivity contribution >= 4 is 0 Å². The number of ether oxygens (including phenoxy) is 1. The van der Waals surface area contributed by atoms with Crippen LogP contribution in [0.2, 0.25) is 0 Å². The molecule has 1 N–H and O–H groups in total. The van der Waals surface area contributed by atoms with E-state index in [4.69, 9.17) is 4.74 Å². The molecule has 0 saturated carbocycles. The van der Waals surface area contributed by atoms with Crippen molar-refractivity contribution in [3.05, 3.63) is 35.4 Å². The van der Waals surface area contributed by atoms with Gasteiger partial charge >= 0.3 is 0 Å². The summed E-state index contributed by atoms with van der Waals surface area (Å²) in [7, 11) is 0. The molecular formula is C14H21NO. The van der Waals surface area contributed by atoms with E-state index >= 15 is 0 Å². The van der Waals surface area contributed by atoms with E-state index in [-0.39, 0.29) is 11.5 Å². The maximum atomic E-state index is 5.84. The first kappa shape index (κ1) is 11.6. The molecule has 1 fully saturated rings. The van der Waals surface area contributed by atoms with E-state index in [0.717, 1.165) is 19.7 Å². The van der Waals surface area contributed by atoms with Gasteiger partial charge in [0.2, 0.25) is 0 Å². The Bertz CT molecular complexity index is 348. The lowest BCUT2D eigenvalue weighted by molar-refractivity contribution is 0.0266. The molecule has 2 nitrogen and oxygen atoms in total. The predicted molar refractivity (Wildman–Crippen MR) is 66.7 cm³/mol. The fourth-order valence-electron chi connectivity index (χ4n) is 2.23. The van der Waals surface area contributed by atoms with E-state index in [1.54, 1.807) is 0 Å². The fraction of sp³-hybridized carbons (Fsp3) is 0.571. The Kier molecular flexibility index (Phi) is 3.31. The Morgan fingerprint density at radius 1 is 1.25 bits per heavy atom. The fourth-order valence-corrected chi connectivity index (χ4v) is 2.23. The minimum atomic E-state index is 0.178. The van der Waals surface area contributed by atoms with E-state index in [1.807, 2.05) is 0 Å². The van der Waals surface area contributed by atoms with Crippen molar-refractivity contribution in [1.29, 1.82) is 0 Å². The zero-order chi connectivity index (χ0) is 11.6. The van der Waals surface area contributed by atoms with E-state index in [1.165, 1.54) is 11.1 Å². The van der Waals surface area contributed by atoms with Crippen LogP contribution in [0, 0.1) is 0 Å². The van der Waals surface area contributed by atoms with Crippen molar-refractivity contribution in [1.82, 2.24) is 5.32 Å². The summed E-state index contributed by atoms with van der Waals surface area (Å²) in [4.78, 5) is 0. The highest BCUT2D eigenvalue weighted by Gasteiger charge is 2.24.